The molecule has 3 heterocycles. The minimum absolute atomic E-state index is 0.0137. The van der Waals surface area contributed by atoms with Crippen LogP contribution >= 0.6 is 0 Å². The zero-order valence-corrected chi connectivity index (χ0v) is 14.7. The van der Waals surface area contributed by atoms with Crippen molar-refractivity contribution in [1.29, 1.82) is 0 Å². The molecular formula is C18H15F4N5O. The van der Waals surface area contributed by atoms with Gasteiger partial charge in [0.25, 0.3) is 12.4 Å². The van der Waals surface area contributed by atoms with E-state index in [0.717, 1.165) is 16.8 Å². The van der Waals surface area contributed by atoms with Gasteiger partial charge in [-0.15, -0.1) is 5.10 Å². The van der Waals surface area contributed by atoms with Crippen molar-refractivity contribution >= 4 is 17.1 Å². The van der Waals surface area contributed by atoms with E-state index in [1.165, 1.54) is 12.3 Å². The lowest BCUT2D eigenvalue weighted by molar-refractivity contribution is -0.137. The number of carbonyl (C=O) groups is 1. The third kappa shape index (κ3) is 3.19. The monoisotopic (exact) mass is 393 g/mol. The summed E-state index contributed by atoms with van der Waals surface area (Å²) in [5.41, 5.74) is -0.548. The standard InChI is InChI=1S/C18H15F4N5O/c1-9-6-26(7-9)14(28)8-27-18-15(17(22)25-27)23-5-13(24-18)10-2-3-12(19)11(4-10)16(20)21/h2-5,9,16H,6-8H2,1H3. The number of nitrogens with zero attached hydrogens (tertiary/aromatic N) is 5. The van der Waals surface area contributed by atoms with Crippen molar-refractivity contribution < 1.29 is 22.4 Å². The van der Waals surface area contributed by atoms with Gasteiger partial charge in [0.2, 0.25) is 5.91 Å². The predicted octanol–water partition coefficient (Wildman–Crippen LogP) is 3.19. The van der Waals surface area contributed by atoms with Gasteiger partial charge < -0.3 is 4.90 Å². The van der Waals surface area contributed by atoms with Crippen LogP contribution in [0.3, 0.4) is 0 Å². The largest absolute Gasteiger partial charge is 0.340 e. The Kier molecular flexibility index (Phi) is 4.48. The summed E-state index contributed by atoms with van der Waals surface area (Å²) >= 11 is 0. The van der Waals surface area contributed by atoms with Gasteiger partial charge in [0.1, 0.15) is 12.4 Å². The summed E-state index contributed by atoms with van der Waals surface area (Å²) in [6.07, 6.45) is -1.80. The first kappa shape index (κ1) is 18.3. The summed E-state index contributed by atoms with van der Waals surface area (Å²) in [4.78, 5) is 22.1. The van der Waals surface area contributed by atoms with Crippen LogP contribution in [0.25, 0.3) is 22.4 Å². The fourth-order valence-electron chi connectivity index (χ4n) is 3.16. The van der Waals surface area contributed by atoms with Crippen molar-refractivity contribution in [2.24, 2.45) is 5.92 Å². The van der Waals surface area contributed by atoms with E-state index in [0.29, 0.717) is 19.0 Å². The predicted molar refractivity (Wildman–Crippen MR) is 91.4 cm³/mol. The lowest BCUT2D eigenvalue weighted by Gasteiger charge is -2.37. The quantitative estimate of drug-likeness (QED) is 0.639. The number of aromatic nitrogens is 4. The van der Waals surface area contributed by atoms with Crippen molar-refractivity contribution in [2.45, 2.75) is 19.9 Å². The number of fused-ring (bicyclic) bond motifs is 1. The third-order valence-corrected chi connectivity index (χ3v) is 4.63. The van der Waals surface area contributed by atoms with Crippen LogP contribution in [0.2, 0.25) is 0 Å². The molecule has 1 aliphatic rings. The molecule has 1 amide bonds. The van der Waals surface area contributed by atoms with Crippen LogP contribution in [0.4, 0.5) is 17.6 Å². The van der Waals surface area contributed by atoms with Gasteiger partial charge >= 0.3 is 0 Å². The molecule has 28 heavy (non-hydrogen) atoms. The molecule has 0 unspecified atom stereocenters. The van der Waals surface area contributed by atoms with Crippen LogP contribution in [-0.4, -0.2) is 43.6 Å². The number of likely N-dealkylation sites (tertiary alicyclic amines) is 1. The maximum Gasteiger partial charge on any atom is 0.266 e. The molecule has 0 N–H and O–H groups in total. The van der Waals surface area contributed by atoms with Crippen LogP contribution in [-0.2, 0) is 11.3 Å². The Balaban J connectivity index is 1.70. The summed E-state index contributed by atoms with van der Waals surface area (Å²) in [5, 5.41) is 3.68. The molecule has 4 rings (SSSR count). The Bertz CT molecular complexity index is 1060. The first-order valence-corrected chi connectivity index (χ1v) is 8.58. The van der Waals surface area contributed by atoms with Gasteiger partial charge in [0.05, 0.1) is 17.5 Å². The molecule has 1 aliphatic heterocycles. The van der Waals surface area contributed by atoms with Gasteiger partial charge in [-0.3, -0.25) is 4.79 Å². The van der Waals surface area contributed by atoms with Gasteiger partial charge in [0.15, 0.2) is 11.2 Å². The molecule has 0 saturated carbocycles. The van der Waals surface area contributed by atoms with Gasteiger partial charge in [-0.2, -0.15) is 4.39 Å². The number of amides is 1. The Morgan fingerprint density at radius 2 is 2.04 bits per heavy atom. The average molecular weight is 393 g/mol. The van der Waals surface area contributed by atoms with E-state index in [1.807, 2.05) is 6.92 Å². The normalized spacial score (nSPS) is 14.7. The molecule has 0 atom stereocenters. The smallest absolute Gasteiger partial charge is 0.266 e. The van der Waals surface area contributed by atoms with Crippen molar-refractivity contribution in [3.05, 3.63) is 41.7 Å². The number of hydrogen-bond donors (Lipinski definition) is 0. The zero-order chi connectivity index (χ0) is 20.0. The highest BCUT2D eigenvalue weighted by Crippen LogP contribution is 2.28. The number of halogens is 4. The third-order valence-electron chi connectivity index (χ3n) is 4.63. The van der Waals surface area contributed by atoms with E-state index in [9.17, 15) is 22.4 Å². The highest BCUT2D eigenvalue weighted by atomic mass is 19.3. The fraction of sp³-hybridized carbons (Fsp3) is 0.333. The Hall–Kier alpha value is -3.04. The number of benzene rings is 1. The first-order valence-electron chi connectivity index (χ1n) is 8.58. The first-order chi connectivity index (χ1) is 13.3. The van der Waals surface area contributed by atoms with E-state index in [1.54, 1.807) is 4.90 Å². The molecular weight excluding hydrogens is 378 g/mol. The molecule has 0 aliphatic carbocycles. The fourth-order valence-corrected chi connectivity index (χ4v) is 3.16. The van der Waals surface area contributed by atoms with Crippen LogP contribution < -0.4 is 0 Å². The molecule has 146 valence electrons. The molecule has 1 saturated heterocycles. The van der Waals surface area contributed by atoms with Gasteiger partial charge in [-0.05, 0) is 24.1 Å². The molecule has 6 nitrogen and oxygen atoms in total. The lowest BCUT2D eigenvalue weighted by atomic mass is 10.0. The van der Waals surface area contributed by atoms with Gasteiger partial charge in [-0.1, -0.05) is 6.92 Å². The van der Waals surface area contributed by atoms with Crippen LogP contribution in [0, 0.1) is 17.7 Å². The second-order valence-electron chi connectivity index (χ2n) is 6.82. The summed E-state index contributed by atoms with van der Waals surface area (Å²) in [7, 11) is 0. The second-order valence-corrected chi connectivity index (χ2v) is 6.82. The zero-order valence-electron chi connectivity index (χ0n) is 14.7. The van der Waals surface area contributed by atoms with Crippen molar-refractivity contribution in [3.8, 4) is 11.3 Å². The summed E-state index contributed by atoms with van der Waals surface area (Å²) in [6, 6.07) is 3.16. The highest BCUT2D eigenvalue weighted by Gasteiger charge is 2.28. The Morgan fingerprint density at radius 3 is 2.71 bits per heavy atom. The SMILES string of the molecule is CC1CN(C(=O)Cn2nc(F)c3ncc(-c4ccc(F)c(C(F)F)c4)nc32)C1. The van der Waals surface area contributed by atoms with E-state index < -0.39 is 23.8 Å². The van der Waals surface area contributed by atoms with Crippen LogP contribution in [0.5, 0.6) is 0 Å². The van der Waals surface area contributed by atoms with Gasteiger partial charge in [-0.25, -0.2) is 27.8 Å². The minimum atomic E-state index is -2.99. The average Bonchev–Trinajstić information content (AvgIpc) is 2.94. The lowest BCUT2D eigenvalue weighted by Crippen LogP contribution is -2.49. The van der Waals surface area contributed by atoms with Gasteiger partial charge in [0, 0.05) is 18.7 Å². The molecule has 3 aromatic rings. The van der Waals surface area contributed by atoms with E-state index >= 15 is 0 Å². The van der Waals surface area contributed by atoms with Crippen LogP contribution in [0.1, 0.15) is 18.9 Å². The van der Waals surface area contributed by atoms with Crippen molar-refractivity contribution in [1.82, 2.24) is 24.6 Å². The minimum Gasteiger partial charge on any atom is -0.340 e. The maximum absolute atomic E-state index is 14.1. The highest BCUT2D eigenvalue weighted by molar-refractivity contribution is 5.80. The van der Waals surface area contributed by atoms with Crippen molar-refractivity contribution in [3.63, 3.8) is 0 Å². The number of alkyl halides is 2. The summed E-state index contributed by atoms with van der Waals surface area (Å²) in [5.74, 6) is -1.72. The molecule has 0 bridgehead atoms. The molecule has 1 fully saturated rings. The van der Waals surface area contributed by atoms with Crippen LogP contribution in [0.15, 0.2) is 24.4 Å². The summed E-state index contributed by atoms with van der Waals surface area (Å²) < 4.78 is 54.6. The number of hydrogen-bond acceptors (Lipinski definition) is 4. The molecule has 0 radical (unpaired) electrons. The van der Waals surface area contributed by atoms with E-state index in [-0.39, 0.29) is 34.9 Å². The summed E-state index contributed by atoms with van der Waals surface area (Å²) in [6.45, 7) is 3.06. The molecule has 10 heteroatoms. The molecule has 1 aromatic carbocycles. The number of rotatable bonds is 4. The number of carbonyl (C=O) groups excluding carboxylic acids is 1. The molecule has 0 spiro atoms. The molecule has 2 aromatic heterocycles. The Morgan fingerprint density at radius 1 is 1.29 bits per heavy atom. The maximum atomic E-state index is 14.1. The van der Waals surface area contributed by atoms with E-state index in [2.05, 4.69) is 15.1 Å². The van der Waals surface area contributed by atoms with E-state index in [4.69, 9.17) is 0 Å². The van der Waals surface area contributed by atoms with Crippen molar-refractivity contribution in [2.75, 3.05) is 13.1 Å². The second kappa shape index (κ2) is 6.84. The Labute approximate surface area is 156 Å². The topological polar surface area (TPSA) is 63.9 Å².